The number of hydrogen-bond donors (Lipinski definition) is 1. The second-order valence-electron chi connectivity index (χ2n) is 8.61. The van der Waals surface area contributed by atoms with Crippen LogP contribution in [-0.4, -0.2) is 24.1 Å². The van der Waals surface area contributed by atoms with Crippen LogP contribution >= 0.6 is 0 Å². The van der Waals surface area contributed by atoms with Gasteiger partial charge >= 0.3 is 0 Å². The predicted octanol–water partition coefficient (Wildman–Crippen LogP) is 8.01. The average molecular weight is 456 g/mol. The van der Waals surface area contributed by atoms with E-state index in [1.807, 2.05) is 36.4 Å². The molecule has 0 aromatic heterocycles. The van der Waals surface area contributed by atoms with Gasteiger partial charge in [-0.2, -0.15) is 0 Å². The summed E-state index contributed by atoms with van der Waals surface area (Å²) in [5, 5.41) is 15.4. The molecule has 1 N–H and O–H groups in total. The number of hydrazone groups is 1. The van der Waals surface area contributed by atoms with Crippen LogP contribution in [0.25, 0.3) is 0 Å². The topological polar surface area (TPSA) is 54.3 Å². The van der Waals surface area contributed by atoms with Crippen molar-refractivity contribution >= 4 is 11.4 Å². The van der Waals surface area contributed by atoms with Crippen LogP contribution in [0.5, 0.6) is 5.75 Å². The first-order valence-electron chi connectivity index (χ1n) is 12.9. The van der Waals surface area contributed by atoms with Gasteiger partial charge in [-0.25, -0.2) is 0 Å². The van der Waals surface area contributed by atoms with Crippen molar-refractivity contribution in [1.29, 1.82) is 0 Å². The van der Waals surface area contributed by atoms with Gasteiger partial charge in [0.1, 0.15) is 11.9 Å². The molecule has 0 amide bonds. The minimum Gasteiger partial charge on any atom is -0.494 e. The third-order valence-corrected chi connectivity index (χ3v) is 5.65. The third kappa shape index (κ3) is 12.1. The Kier molecular flexibility index (Phi) is 14.3. The van der Waals surface area contributed by atoms with Gasteiger partial charge in [0.05, 0.1) is 18.0 Å². The lowest BCUT2D eigenvalue weighted by molar-refractivity contribution is 0.177. The van der Waals surface area contributed by atoms with Crippen molar-refractivity contribution in [2.24, 2.45) is 5.10 Å². The van der Waals surface area contributed by atoms with Gasteiger partial charge in [-0.15, -0.1) is 10.3 Å². The summed E-state index contributed by atoms with van der Waals surface area (Å²) in [6, 6.07) is 7.34. The van der Waals surface area contributed by atoms with Crippen LogP contribution in [0.15, 0.2) is 53.7 Å². The van der Waals surface area contributed by atoms with Gasteiger partial charge in [0.25, 0.3) is 0 Å². The zero-order valence-electron chi connectivity index (χ0n) is 20.7. The summed E-state index contributed by atoms with van der Waals surface area (Å²) in [6.07, 6.45) is 23.3. The van der Waals surface area contributed by atoms with Gasteiger partial charge in [0, 0.05) is 6.61 Å². The Morgan fingerprint density at radius 3 is 1.76 bits per heavy atom. The number of allylic oxidation sites excluding steroid dienone is 2. The van der Waals surface area contributed by atoms with E-state index in [-0.39, 0.29) is 0 Å². The molecule has 0 saturated heterocycles. The molecule has 1 aliphatic rings. The summed E-state index contributed by atoms with van der Waals surface area (Å²) >= 11 is 0. The summed E-state index contributed by atoms with van der Waals surface area (Å²) < 4.78 is 11.6. The SMILES string of the molecule is CCCCCCCCO[C]1C=CC(=NN(O)c2ccc(OCCCCCCCC)cc2)C=C1. The number of rotatable bonds is 18. The molecule has 1 aromatic rings. The zero-order chi connectivity index (χ0) is 23.6. The maximum Gasteiger partial charge on any atom is 0.141 e. The normalized spacial score (nSPS) is 13.5. The number of benzene rings is 1. The second-order valence-corrected chi connectivity index (χ2v) is 8.61. The van der Waals surface area contributed by atoms with Crippen LogP contribution in [0.3, 0.4) is 0 Å². The van der Waals surface area contributed by atoms with E-state index in [0.717, 1.165) is 43.1 Å². The van der Waals surface area contributed by atoms with Crippen LogP contribution < -0.4 is 9.91 Å². The van der Waals surface area contributed by atoms with Gasteiger partial charge < -0.3 is 9.47 Å². The lowest BCUT2D eigenvalue weighted by atomic mass is 10.1. The fourth-order valence-electron chi connectivity index (χ4n) is 3.60. The first kappa shape index (κ1) is 27.1. The van der Waals surface area contributed by atoms with Crippen molar-refractivity contribution in [2.75, 3.05) is 18.4 Å². The number of nitrogens with zero attached hydrogens (tertiary/aromatic N) is 2. The van der Waals surface area contributed by atoms with Crippen LogP contribution in [0.2, 0.25) is 0 Å². The third-order valence-electron chi connectivity index (χ3n) is 5.65. The van der Waals surface area contributed by atoms with E-state index >= 15 is 0 Å². The van der Waals surface area contributed by atoms with Crippen molar-refractivity contribution in [3.05, 3.63) is 54.7 Å². The molecule has 5 nitrogen and oxygen atoms in total. The summed E-state index contributed by atoms with van der Waals surface area (Å²) in [7, 11) is 0. The lowest BCUT2D eigenvalue weighted by Crippen LogP contribution is -2.14. The molecule has 2 rings (SSSR count). The van der Waals surface area contributed by atoms with E-state index in [1.54, 1.807) is 12.1 Å². The van der Waals surface area contributed by atoms with Gasteiger partial charge in [-0.05, 0) is 61.4 Å². The van der Waals surface area contributed by atoms with E-state index in [4.69, 9.17) is 9.47 Å². The molecule has 0 fully saturated rings. The second kappa shape index (κ2) is 17.4. The van der Waals surface area contributed by atoms with Crippen LogP contribution in [-0.2, 0) is 4.74 Å². The molecule has 0 bridgehead atoms. The molecular weight excluding hydrogens is 412 g/mol. The standard InChI is InChI=1S/C28H43N2O3/c1-3-5-7-9-11-13-23-32-27-19-15-25(16-20-27)29-30(31)26-17-21-28(22-18-26)33-24-14-12-10-8-6-4-2/h15-22,31H,3-14,23-24H2,1-2H3. The minimum atomic E-state index is 0.588. The van der Waals surface area contributed by atoms with Crippen molar-refractivity contribution in [1.82, 2.24) is 0 Å². The van der Waals surface area contributed by atoms with Crippen molar-refractivity contribution in [3.63, 3.8) is 0 Å². The summed E-state index contributed by atoms with van der Waals surface area (Å²) in [5.74, 6) is 0.813. The Morgan fingerprint density at radius 1 is 0.667 bits per heavy atom. The molecule has 5 heteroatoms. The monoisotopic (exact) mass is 455 g/mol. The van der Waals surface area contributed by atoms with Gasteiger partial charge in [0.2, 0.25) is 0 Å². The molecule has 0 atom stereocenters. The molecule has 0 unspecified atom stereocenters. The Morgan fingerprint density at radius 2 is 1.18 bits per heavy atom. The number of ether oxygens (including phenoxy) is 2. The zero-order valence-corrected chi connectivity index (χ0v) is 20.7. The molecule has 0 heterocycles. The highest BCUT2D eigenvalue weighted by Crippen LogP contribution is 2.20. The molecule has 1 aliphatic carbocycles. The van der Waals surface area contributed by atoms with E-state index < -0.39 is 0 Å². The molecular formula is C28H43N2O3. The van der Waals surface area contributed by atoms with Gasteiger partial charge in [-0.1, -0.05) is 78.1 Å². The fraction of sp³-hybridized carbons (Fsp3) is 0.571. The van der Waals surface area contributed by atoms with Crippen molar-refractivity contribution in [2.45, 2.75) is 90.9 Å². The number of anilines is 1. The molecule has 33 heavy (non-hydrogen) atoms. The molecule has 0 spiro atoms. The quantitative estimate of drug-likeness (QED) is 0.180. The number of unbranched alkanes of at least 4 members (excludes halogenated alkanes) is 10. The van der Waals surface area contributed by atoms with Crippen molar-refractivity contribution in [3.8, 4) is 5.75 Å². The van der Waals surface area contributed by atoms with Crippen LogP contribution in [0.1, 0.15) is 90.9 Å². The maximum absolute atomic E-state index is 10.3. The highest BCUT2D eigenvalue weighted by molar-refractivity contribution is 6.05. The highest BCUT2D eigenvalue weighted by Gasteiger charge is 2.09. The fourth-order valence-corrected chi connectivity index (χ4v) is 3.60. The minimum absolute atomic E-state index is 0.588. The van der Waals surface area contributed by atoms with Gasteiger partial charge in [-0.3, -0.25) is 5.21 Å². The maximum atomic E-state index is 10.3. The lowest BCUT2D eigenvalue weighted by Gasteiger charge is -2.15. The first-order valence-corrected chi connectivity index (χ1v) is 12.9. The first-order chi connectivity index (χ1) is 16.2. The average Bonchev–Trinajstić information content (AvgIpc) is 2.84. The van der Waals surface area contributed by atoms with E-state index in [2.05, 4.69) is 18.9 Å². The summed E-state index contributed by atoms with van der Waals surface area (Å²) in [6.45, 7) is 5.93. The highest BCUT2D eigenvalue weighted by atomic mass is 16.5. The molecule has 0 aliphatic heterocycles. The van der Waals surface area contributed by atoms with Crippen molar-refractivity contribution < 1.29 is 14.7 Å². The van der Waals surface area contributed by atoms with E-state index in [1.165, 1.54) is 64.2 Å². The van der Waals surface area contributed by atoms with Crippen LogP contribution in [0.4, 0.5) is 5.69 Å². The predicted molar refractivity (Wildman–Crippen MR) is 138 cm³/mol. The Bertz CT molecular complexity index is 696. The smallest absolute Gasteiger partial charge is 0.141 e. The van der Waals surface area contributed by atoms with E-state index in [9.17, 15) is 5.21 Å². The molecule has 0 saturated carbocycles. The summed E-state index contributed by atoms with van der Waals surface area (Å²) in [5.41, 5.74) is 1.25. The summed E-state index contributed by atoms with van der Waals surface area (Å²) in [4.78, 5) is 0. The molecule has 183 valence electrons. The largest absolute Gasteiger partial charge is 0.494 e. The Labute approximate surface area is 201 Å². The van der Waals surface area contributed by atoms with E-state index in [0.29, 0.717) is 11.4 Å². The Hall–Kier alpha value is -2.11. The molecule has 1 radical (unpaired) electrons. The van der Waals surface area contributed by atoms with Crippen LogP contribution in [0, 0.1) is 6.10 Å². The van der Waals surface area contributed by atoms with Gasteiger partial charge in [0.15, 0.2) is 0 Å². The Balaban J connectivity index is 1.65. The molecule has 1 aromatic carbocycles. The number of hydrogen-bond acceptors (Lipinski definition) is 5.